The molecule has 3 heteroatoms. The van der Waals surface area contributed by atoms with Crippen LogP contribution in [-0.4, -0.2) is 30.6 Å². The van der Waals surface area contributed by atoms with Crippen molar-refractivity contribution in [2.24, 2.45) is 0 Å². The summed E-state index contributed by atoms with van der Waals surface area (Å²) in [6.07, 6.45) is 1.26. The molecule has 0 aromatic heterocycles. The molecule has 0 atom stereocenters. The maximum absolute atomic E-state index is 4.89. The highest BCUT2D eigenvalue weighted by atomic mass is 79.9. The molecular weight excluding hydrogens is 200 g/mol. The van der Waals surface area contributed by atoms with Gasteiger partial charge >= 0.3 is 0 Å². The standard InChI is InChI=1S/C6H13BrOS/c1-8-4-6-9-5-2-3-7/h2-6H2,1H3. The van der Waals surface area contributed by atoms with Gasteiger partial charge in [0.1, 0.15) is 0 Å². The van der Waals surface area contributed by atoms with E-state index in [0.29, 0.717) is 0 Å². The monoisotopic (exact) mass is 212 g/mol. The van der Waals surface area contributed by atoms with Crippen LogP contribution < -0.4 is 0 Å². The molecule has 0 fully saturated rings. The number of methoxy groups -OCH3 is 1. The number of rotatable bonds is 6. The van der Waals surface area contributed by atoms with Crippen molar-refractivity contribution in [1.82, 2.24) is 0 Å². The van der Waals surface area contributed by atoms with Crippen LogP contribution in [0.4, 0.5) is 0 Å². The van der Waals surface area contributed by atoms with Gasteiger partial charge in [-0.15, -0.1) is 0 Å². The van der Waals surface area contributed by atoms with E-state index in [1.54, 1.807) is 7.11 Å². The average molecular weight is 213 g/mol. The number of alkyl halides is 1. The molecule has 0 bridgehead atoms. The number of thioether (sulfide) groups is 1. The van der Waals surface area contributed by atoms with Gasteiger partial charge in [-0.2, -0.15) is 11.8 Å². The molecule has 0 amide bonds. The van der Waals surface area contributed by atoms with Crippen LogP contribution in [0.1, 0.15) is 6.42 Å². The molecule has 0 N–H and O–H groups in total. The summed E-state index contributed by atoms with van der Waals surface area (Å²) in [6, 6.07) is 0. The van der Waals surface area contributed by atoms with Gasteiger partial charge in [-0.3, -0.25) is 0 Å². The van der Waals surface area contributed by atoms with Crippen molar-refractivity contribution >= 4 is 27.7 Å². The number of hydrogen-bond donors (Lipinski definition) is 0. The van der Waals surface area contributed by atoms with Crippen LogP contribution in [0.2, 0.25) is 0 Å². The third-order valence-corrected chi connectivity index (χ3v) is 2.45. The Kier molecular flexibility index (Phi) is 9.56. The van der Waals surface area contributed by atoms with Gasteiger partial charge < -0.3 is 4.74 Å². The second-order valence-corrected chi connectivity index (χ2v) is 3.67. The largest absolute Gasteiger partial charge is 0.384 e. The van der Waals surface area contributed by atoms with Gasteiger partial charge in [-0.25, -0.2) is 0 Å². The van der Waals surface area contributed by atoms with Crippen LogP contribution in [0, 0.1) is 0 Å². The average Bonchev–Trinajstić information content (AvgIpc) is 1.89. The molecule has 0 heterocycles. The summed E-state index contributed by atoms with van der Waals surface area (Å²) in [5.74, 6) is 2.37. The first-order valence-electron chi connectivity index (χ1n) is 3.04. The van der Waals surface area contributed by atoms with Crippen LogP contribution >= 0.6 is 27.7 Å². The fourth-order valence-electron chi connectivity index (χ4n) is 0.401. The van der Waals surface area contributed by atoms with Crippen LogP contribution in [0.25, 0.3) is 0 Å². The Morgan fingerprint density at radius 2 is 2.22 bits per heavy atom. The number of hydrogen-bond acceptors (Lipinski definition) is 2. The SMILES string of the molecule is COCCSCCCBr. The summed E-state index contributed by atoms with van der Waals surface area (Å²) >= 11 is 5.32. The molecule has 0 aliphatic heterocycles. The zero-order valence-electron chi connectivity index (χ0n) is 5.73. The lowest BCUT2D eigenvalue weighted by Gasteiger charge is -1.96. The normalized spacial score (nSPS) is 10.0. The van der Waals surface area contributed by atoms with Crippen molar-refractivity contribution in [1.29, 1.82) is 0 Å². The Balaban J connectivity index is 2.60. The Labute approximate surface area is 69.7 Å². The summed E-state index contributed by atoms with van der Waals surface area (Å²) in [6.45, 7) is 0.882. The highest BCUT2D eigenvalue weighted by Crippen LogP contribution is 2.02. The maximum Gasteiger partial charge on any atom is 0.0552 e. The Morgan fingerprint density at radius 3 is 2.78 bits per heavy atom. The van der Waals surface area contributed by atoms with E-state index < -0.39 is 0 Å². The van der Waals surface area contributed by atoms with Gasteiger partial charge in [0.05, 0.1) is 6.61 Å². The van der Waals surface area contributed by atoms with Gasteiger partial charge in [-0.05, 0) is 12.2 Å². The van der Waals surface area contributed by atoms with Gasteiger partial charge in [0, 0.05) is 18.2 Å². The van der Waals surface area contributed by atoms with Gasteiger partial charge in [0.25, 0.3) is 0 Å². The minimum Gasteiger partial charge on any atom is -0.384 e. The topological polar surface area (TPSA) is 9.23 Å². The summed E-state index contributed by atoms with van der Waals surface area (Å²) in [7, 11) is 1.74. The molecule has 1 nitrogen and oxygen atoms in total. The minimum atomic E-state index is 0.882. The molecule has 9 heavy (non-hydrogen) atoms. The molecule has 0 saturated carbocycles. The quantitative estimate of drug-likeness (QED) is 0.494. The molecule has 0 aliphatic rings. The third kappa shape index (κ3) is 8.79. The molecular formula is C6H13BrOS. The van der Waals surface area contributed by atoms with Gasteiger partial charge in [0.15, 0.2) is 0 Å². The third-order valence-electron chi connectivity index (χ3n) is 0.854. The van der Waals surface area contributed by atoms with Crippen molar-refractivity contribution in [2.75, 3.05) is 30.6 Å². The van der Waals surface area contributed by atoms with Crippen molar-refractivity contribution in [3.8, 4) is 0 Å². The van der Waals surface area contributed by atoms with E-state index in [2.05, 4.69) is 15.9 Å². The van der Waals surface area contributed by atoms with Crippen LogP contribution in [0.3, 0.4) is 0 Å². The van der Waals surface area contributed by atoms with E-state index in [1.807, 2.05) is 11.8 Å². The van der Waals surface area contributed by atoms with Crippen molar-refractivity contribution in [2.45, 2.75) is 6.42 Å². The molecule has 0 rings (SSSR count). The second-order valence-electron chi connectivity index (χ2n) is 1.65. The number of halogens is 1. The first-order valence-corrected chi connectivity index (χ1v) is 5.32. The van der Waals surface area contributed by atoms with E-state index in [9.17, 15) is 0 Å². The zero-order valence-corrected chi connectivity index (χ0v) is 8.13. The molecule has 0 aromatic rings. The van der Waals surface area contributed by atoms with Crippen molar-refractivity contribution < 1.29 is 4.74 Å². The van der Waals surface area contributed by atoms with E-state index in [0.717, 1.165) is 17.7 Å². The lowest BCUT2D eigenvalue weighted by molar-refractivity contribution is 0.218. The highest BCUT2D eigenvalue weighted by Gasteiger charge is 1.86. The maximum atomic E-state index is 4.89. The van der Waals surface area contributed by atoms with Crippen molar-refractivity contribution in [3.63, 3.8) is 0 Å². The predicted octanol–water partition coefficient (Wildman–Crippen LogP) is 2.15. The smallest absolute Gasteiger partial charge is 0.0552 e. The summed E-state index contributed by atoms with van der Waals surface area (Å²) in [5, 5.41) is 1.12. The first kappa shape index (κ1) is 9.79. The molecule has 0 radical (unpaired) electrons. The van der Waals surface area contributed by atoms with E-state index in [1.165, 1.54) is 12.2 Å². The second kappa shape index (κ2) is 8.79. The Bertz CT molecular complexity index is 46.3. The molecule has 0 saturated heterocycles. The van der Waals surface area contributed by atoms with Gasteiger partial charge in [-0.1, -0.05) is 15.9 Å². The summed E-state index contributed by atoms with van der Waals surface area (Å²) in [4.78, 5) is 0. The molecule has 56 valence electrons. The van der Waals surface area contributed by atoms with E-state index in [-0.39, 0.29) is 0 Å². The summed E-state index contributed by atoms with van der Waals surface area (Å²) < 4.78 is 4.89. The van der Waals surface area contributed by atoms with Gasteiger partial charge in [0.2, 0.25) is 0 Å². The predicted molar refractivity (Wildman–Crippen MR) is 47.6 cm³/mol. The Hall–Kier alpha value is 0.790. The fraction of sp³-hybridized carbons (Fsp3) is 1.00. The van der Waals surface area contributed by atoms with Crippen LogP contribution in [0.15, 0.2) is 0 Å². The highest BCUT2D eigenvalue weighted by molar-refractivity contribution is 9.09. The number of ether oxygens (including phenoxy) is 1. The lowest BCUT2D eigenvalue weighted by atomic mass is 10.6. The van der Waals surface area contributed by atoms with E-state index >= 15 is 0 Å². The van der Waals surface area contributed by atoms with Crippen LogP contribution in [0.5, 0.6) is 0 Å². The first-order chi connectivity index (χ1) is 4.41. The minimum absolute atomic E-state index is 0.882. The Morgan fingerprint density at radius 1 is 1.44 bits per heavy atom. The zero-order chi connectivity index (χ0) is 6.95. The molecule has 0 unspecified atom stereocenters. The molecule has 0 aromatic carbocycles. The van der Waals surface area contributed by atoms with Crippen molar-refractivity contribution in [3.05, 3.63) is 0 Å². The molecule has 0 spiro atoms. The van der Waals surface area contributed by atoms with Crippen LogP contribution in [-0.2, 0) is 4.74 Å². The lowest BCUT2D eigenvalue weighted by Crippen LogP contribution is -1.92. The molecule has 0 aliphatic carbocycles. The summed E-state index contributed by atoms with van der Waals surface area (Å²) in [5.41, 5.74) is 0. The van der Waals surface area contributed by atoms with E-state index in [4.69, 9.17) is 4.74 Å². The fourth-order valence-corrected chi connectivity index (χ4v) is 1.89.